The molecule has 2 rings (SSSR count). The molecule has 0 bridgehead atoms. The highest BCUT2D eigenvalue weighted by atomic mass is 79.9. The Kier molecular flexibility index (Phi) is 5.32. The quantitative estimate of drug-likeness (QED) is 0.898. The van der Waals surface area contributed by atoms with Gasteiger partial charge in [-0.3, -0.25) is 0 Å². The van der Waals surface area contributed by atoms with Crippen LogP contribution in [0.2, 0.25) is 0 Å². The summed E-state index contributed by atoms with van der Waals surface area (Å²) in [7, 11) is 0. The number of nitrogens with two attached hydrogens (primary N) is 1. The van der Waals surface area contributed by atoms with Crippen molar-refractivity contribution in [1.82, 2.24) is 0 Å². The summed E-state index contributed by atoms with van der Waals surface area (Å²) in [5.41, 5.74) is 7.37. The molecule has 2 N–H and O–H groups in total. The van der Waals surface area contributed by atoms with Gasteiger partial charge in [0.25, 0.3) is 0 Å². The van der Waals surface area contributed by atoms with Gasteiger partial charge >= 0.3 is 0 Å². The lowest BCUT2D eigenvalue weighted by atomic mass is 10.1. The van der Waals surface area contributed by atoms with Crippen molar-refractivity contribution >= 4 is 15.9 Å². The van der Waals surface area contributed by atoms with Crippen LogP contribution in [-0.4, -0.2) is 6.54 Å². The number of ether oxygens (including phenoxy) is 1. The van der Waals surface area contributed by atoms with Crippen molar-refractivity contribution in [2.45, 2.75) is 13.0 Å². The Hall–Kier alpha value is -1.90. The summed E-state index contributed by atoms with van der Waals surface area (Å²) >= 11 is 3.42. The van der Waals surface area contributed by atoms with E-state index in [0.29, 0.717) is 13.0 Å². The van der Waals surface area contributed by atoms with E-state index in [-0.39, 0.29) is 12.2 Å². The first kappa shape index (κ1) is 15.5. The predicted octanol–water partition coefficient (Wildman–Crippen LogP) is 3.54. The van der Waals surface area contributed by atoms with Gasteiger partial charge in [-0.1, -0.05) is 22.0 Å². The maximum atomic E-state index is 13.3. The molecule has 0 spiro atoms. The number of halogens is 2. The van der Waals surface area contributed by atoms with Crippen LogP contribution >= 0.6 is 15.9 Å². The van der Waals surface area contributed by atoms with Gasteiger partial charge in [0.15, 0.2) is 0 Å². The molecule has 21 heavy (non-hydrogen) atoms. The molecule has 0 saturated carbocycles. The average molecular weight is 349 g/mol. The summed E-state index contributed by atoms with van der Waals surface area (Å²) in [5, 5.41) is 8.82. The molecule has 0 saturated heterocycles. The second kappa shape index (κ2) is 7.21. The Morgan fingerprint density at radius 2 is 2.05 bits per heavy atom. The van der Waals surface area contributed by atoms with E-state index >= 15 is 0 Å². The number of hydrogen-bond donors (Lipinski definition) is 1. The fourth-order valence-corrected chi connectivity index (χ4v) is 2.36. The molecule has 0 atom stereocenters. The Balaban J connectivity index is 2.15. The summed E-state index contributed by atoms with van der Waals surface area (Å²) in [6.07, 6.45) is 0.710. The van der Waals surface area contributed by atoms with Crippen molar-refractivity contribution in [3.63, 3.8) is 0 Å². The molecular weight excluding hydrogens is 335 g/mol. The Labute approximate surface area is 131 Å². The van der Waals surface area contributed by atoms with Gasteiger partial charge in [0, 0.05) is 4.47 Å². The number of nitrogens with zero attached hydrogens (tertiary/aromatic N) is 1. The average Bonchev–Trinajstić information content (AvgIpc) is 2.48. The number of benzene rings is 2. The minimum absolute atomic E-state index is 0.0223. The van der Waals surface area contributed by atoms with E-state index in [1.54, 1.807) is 6.07 Å². The van der Waals surface area contributed by atoms with E-state index in [1.165, 1.54) is 12.1 Å². The van der Waals surface area contributed by atoms with Gasteiger partial charge in [0.05, 0.1) is 5.56 Å². The molecule has 0 radical (unpaired) electrons. The van der Waals surface area contributed by atoms with Gasteiger partial charge < -0.3 is 10.5 Å². The summed E-state index contributed by atoms with van der Waals surface area (Å²) in [6, 6.07) is 11.9. The van der Waals surface area contributed by atoms with Crippen molar-refractivity contribution in [2.75, 3.05) is 6.54 Å². The molecule has 0 aromatic heterocycles. The Morgan fingerprint density at radius 3 is 2.76 bits per heavy atom. The molecule has 108 valence electrons. The molecule has 2 aromatic rings. The third kappa shape index (κ3) is 4.03. The van der Waals surface area contributed by atoms with E-state index < -0.39 is 5.82 Å². The van der Waals surface area contributed by atoms with Gasteiger partial charge in [0.2, 0.25) is 0 Å². The van der Waals surface area contributed by atoms with Gasteiger partial charge in [-0.15, -0.1) is 0 Å². The Morgan fingerprint density at radius 1 is 1.24 bits per heavy atom. The van der Waals surface area contributed by atoms with E-state index in [4.69, 9.17) is 15.7 Å². The standard InChI is InChI=1S/C16H14BrFN2O/c17-14-2-4-16(12(8-14)5-6-19)21-10-11-1-3-15(18)13(7-11)9-20/h1-4,7-8H,5-6,10,19H2. The van der Waals surface area contributed by atoms with Crippen LogP contribution < -0.4 is 10.5 Å². The SMILES string of the molecule is N#Cc1cc(COc2ccc(Br)cc2CCN)ccc1F. The second-order valence-corrected chi connectivity index (χ2v) is 5.42. The summed E-state index contributed by atoms with van der Waals surface area (Å²) in [5.74, 6) is 0.222. The highest BCUT2D eigenvalue weighted by Gasteiger charge is 2.07. The molecule has 0 fully saturated rings. The molecule has 2 aromatic carbocycles. The zero-order valence-corrected chi connectivity index (χ0v) is 12.9. The fraction of sp³-hybridized carbons (Fsp3) is 0.188. The summed E-state index contributed by atoms with van der Waals surface area (Å²) in [6.45, 7) is 0.802. The highest BCUT2D eigenvalue weighted by Crippen LogP contribution is 2.24. The fourth-order valence-electron chi connectivity index (χ4n) is 1.95. The first-order chi connectivity index (χ1) is 10.1. The third-order valence-corrected chi connectivity index (χ3v) is 3.48. The summed E-state index contributed by atoms with van der Waals surface area (Å²) in [4.78, 5) is 0. The summed E-state index contributed by atoms with van der Waals surface area (Å²) < 4.78 is 20.0. The lowest BCUT2D eigenvalue weighted by Crippen LogP contribution is -2.05. The van der Waals surface area contributed by atoms with Crippen LogP contribution in [-0.2, 0) is 13.0 Å². The van der Waals surface area contributed by atoms with Gasteiger partial charge in [-0.2, -0.15) is 5.26 Å². The predicted molar refractivity (Wildman–Crippen MR) is 82.3 cm³/mol. The zero-order valence-electron chi connectivity index (χ0n) is 11.3. The van der Waals surface area contributed by atoms with Crippen LogP contribution in [0.4, 0.5) is 4.39 Å². The first-order valence-electron chi connectivity index (χ1n) is 6.44. The maximum Gasteiger partial charge on any atom is 0.140 e. The van der Waals surface area contributed by atoms with E-state index in [1.807, 2.05) is 24.3 Å². The normalized spacial score (nSPS) is 10.2. The van der Waals surface area contributed by atoms with Crippen LogP contribution in [0.25, 0.3) is 0 Å². The Bertz CT molecular complexity index is 682. The zero-order chi connectivity index (χ0) is 15.2. The van der Waals surface area contributed by atoms with Gasteiger partial charge in [0.1, 0.15) is 24.2 Å². The minimum Gasteiger partial charge on any atom is -0.489 e. The van der Waals surface area contributed by atoms with Crippen LogP contribution in [0.5, 0.6) is 5.75 Å². The van der Waals surface area contributed by atoms with E-state index in [9.17, 15) is 4.39 Å². The van der Waals surface area contributed by atoms with E-state index in [2.05, 4.69) is 15.9 Å². The molecule has 0 aliphatic carbocycles. The number of nitriles is 1. The van der Waals surface area contributed by atoms with E-state index in [0.717, 1.165) is 21.3 Å². The van der Waals surface area contributed by atoms with Crippen molar-refractivity contribution in [1.29, 1.82) is 5.26 Å². The van der Waals surface area contributed by atoms with Crippen LogP contribution in [0.1, 0.15) is 16.7 Å². The molecule has 0 aliphatic rings. The minimum atomic E-state index is -0.520. The van der Waals surface area contributed by atoms with Crippen LogP contribution in [0.3, 0.4) is 0 Å². The van der Waals surface area contributed by atoms with Crippen LogP contribution in [0.15, 0.2) is 40.9 Å². The topological polar surface area (TPSA) is 59.0 Å². The molecule has 0 aliphatic heterocycles. The molecule has 5 heteroatoms. The second-order valence-electron chi connectivity index (χ2n) is 4.51. The molecule has 0 amide bonds. The maximum absolute atomic E-state index is 13.3. The monoisotopic (exact) mass is 348 g/mol. The lowest BCUT2D eigenvalue weighted by molar-refractivity contribution is 0.302. The first-order valence-corrected chi connectivity index (χ1v) is 7.23. The van der Waals surface area contributed by atoms with Crippen molar-refractivity contribution in [3.05, 3.63) is 63.4 Å². The highest BCUT2D eigenvalue weighted by molar-refractivity contribution is 9.10. The lowest BCUT2D eigenvalue weighted by Gasteiger charge is -2.12. The van der Waals surface area contributed by atoms with Crippen molar-refractivity contribution in [3.8, 4) is 11.8 Å². The molecule has 3 nitrogen and oxygen atoms in total. The molecular formula is C16H14BrFN2O. The number of hydrogen-bond acceptors (Lipinski definition) is 3. The smallest absolute Gasteiger partial charge is 0.140 e. The largest absolute Gasteiger partial charge is 0.489 e. The molecule has 0 unspecified atom stereocenters. The number of rotatable bonds is 5. The van der Waals surface area contributed by atoms with Crippen molar-refractivity contribution in [2.24, 2.45) is 5.73 Å². The third-order valence-electron chi connectivity index (χ3n) is 2.98. The van der Waals surface area contributed by atoms with Gasteiger partial charge in [-0.25, -0.2) is 4.39 Å². The van der Waals surface area contributed by atoms with Crippen LogP contribution in [0, 0.1) is 17.1 Å². The molecule has 0 heterocycles. The van der Waals surface area contributed by atoms with Gasteiger partial charge in [-0.05, 0) is 54.4 Å². The van der Waals surface area contributed by atoms with Crippen molar-refractivity contribution < 1.29 is 9.13 Å².